The van der Waals surface area contributed by atoms with Crippen molar-refractivity contribution in [2.24, 2.45) is 11.3 Å². The number of hydrogen-bond donors (Lipinski definition) is 2. The Hall–Kier alpha value is -1.26. The van der Waals surface area contributed by atoms with Crippen LogP contribution < -0.4 is 5.32 Å². The van der Waals surface area contributed by atoms with Crippen molar-refractivity contribution in [2.45, 2.75) is 53.0 Å². The van der Waals surface area contributed by atoms with Crippen molar-refractivity contribution >= 4 is 12.0 Å². The highest BCUT2D eigenvalue weighted by atomic mass is 16.4. The molecule has 1 saturated heterocycles. The molecule has 0 spiro atoms. The summed E-state index contributed by atoms with van der Waals surface area (Å²) in [7, 11) is 0. The monoisotopic (exact) mass is 270 g/mol. The molecule has 5 heteroatoms. The van der Waals surface area contributed by atoms with Crippen LogP contribution in [0.2, 0.25) is 0 Å². The van der Waals surface area contributed by atoms with Gasteiger partial charge in [0.2, 0.25) is 0 Å². The van der Waals surface area contributed by atoms with Crippen molar-refractivity contribution in [2.75, 3.05) is 13.1 Å². The Balaban J connectivity index is 2.64. The molecule has 1 heterocycles. The topological polar surface area (TPSA) is 69.6 Å². The van der Waals surface area contributed by atoms with E-state index in [0.717, 1.165) is 19.3 Å². The van der Waals surface area contributed by atoms with E-state index < -0.39 is 12.0 Å². The van der Waals surface area contributed by atoms with E-state index in [1.165, 1.54) is 0 Å². The van der Waals surface area contributed by atoms with Gasteiger partial charge in [-0.3, -0.25) is 0 Å². The Kier molecular flexibility index (Phi) is 5.20. The lowest BCUT2D eigenvalue weighted by Gasteiger charge is -2.38. The first-order valence-corrected chi connectivity index (χ1v) is 7.05. The van der Waals surface area contributed by atoms with Crippen LogP contribution in [-0.2, 0) is 4.79 Å². The molecule has 0 aromatic heterocycles. The van der Waals surface area contributed by atoms with Gasteiger partial charge in [0.1, 0.15) is 6.04 Å². The molecule has 19 heavy (non-hydrogen) atoms. The van der Waals surface area contributed by atoms with Crippen molar-refractivity contribution in [1.29, 1.82) is 0 Å². The van der Waals surface area contributed by atoms with E-state index in [4.69, 9.17) is 0 Å². The minimum atomic E-state index is -0.959. The smallest absolute Gasteiger partial charge is 0.326 e. The number of likely N-dealkylation sites (tertiary alicyclic amines) is 1. The van der Waals surface area contributed by atoms with Crippen LogP contribution in [-0.4, -0.2) is 41.1 Å². The Morgan fingerprint density at radius 3 is 2.53 bits per heavy atom. The molecule has 2 N–H and O–H groups in total. The fraction of sp³-hybridized carbons (Fsp3) is 0.857. The average Bonchev–Trinajstić information content (AvgIpc) is 2.33. The van der Waals surface area contributed by atoms with Gasteiger partial charge in [0.15, 0.2) is 0 Å². The molecule has 1 unspecified atom stereocenters. The normalized spacial score (nSPS) is 21.6. The van der Waals surface area contributed by atoms with Gasteiger partial charge in [0.05, 0.1) is 0 Å². The predicted molar refractivity (Wildman–Crippen MR) is 74.0 cm³/mol. The number of rotatable bonds is 4. The van der Waals surface area contributed by atoms with Gasteiger partial charge in [0.25, 0.3) is 0 Å². The molecule has 2 atom stereocenters. The standard InChI is InChI=1S/C14H26N2O3/c1-5-10(2)11(12(17)18)15-13(19)16-8-6-7-14(3,4)9-16/h10-11H,5-9H2,1-4H3,(H,15,19)(H,17,18)/t10?,11-/m0/s1. The van der Waals surface area contributed by atoms with Crippen LogP contribution in [0.5, 0.6) is 0 Å². The van der Waals surface area contributed by atoms with Crippen LogP contribution >= 0.6 is 0 Å². The maximum absolute atomic E-state index is 12.2. The molecule has 0 saturated carbocycles. The third-order valence-electron chi connectivity index (χ3n) is 3.95. The quantitative estimate of drug-likeness (QED) is 0.823. The Bertz CT molecular complexity index is 342. The van der Waals surface area contributed by atoms with Crippen LogP contribution in [0.25, 0.3) is 0 Å². The molecular formula is C14H26N2O3. The molecule has 1 aliphatic heterocycles. The first kappa shape index (κ1) is 15.8. The van der Waals surface area contributed by atoms with Gasteiger partial charge in [-0.2, -0.15) is 0 Å². The minimum absolute atomic E-state index is 0.0701. The number of carbonyl (C=O) groups is 2. The predicted octanol–water partition coefficient (Wildman–Crippen LogP) is 2.32. The number of aliphatic carboxylic acids is 1. The lowest BCUT2D eigenvalue weighted by molar-refractivity contribution is -0.140. The first-order chi connectivity index (χ1) is 8.76. The molecule has 5 nitrogen and oxygen atoms in total. The van der Waals surface area contributed by atoms with Gasteiger partial charge in [-0.05, 0) is 24.2 Å². The molecule has 110 valence electrons. The van der Waals surface area contributed by atoms with Gasteiger partial charge < -0.3 is 15.3 Å². The van der Waals surface area contributed by atoms with Crippen molar-refractivity contribution in [3.8, 4) is 0 Å². The summed E-state index contributed by atoms with van der Waals surface area (Å²) in [5.74, 6) is -1.03. The molecule has 0 bridgehead atoms. The van der Waals surface area contributed by atoms with Crippen LogP contribution in [0.3, 0.4) is 0 Å². The Morgan fingerprint density at radius 2 is 2.05 bits per heavy atom. The zero-order chi connectivity index (χ0) is 14.6. The largest absolute Gasteiger partial charge is 0.480 e. The summed E-state index contributed by atoms with van der Waals surface area (Å²) in [4.78, 5) is 25.1. The molecule has 0 radical (unpaired) electrons. The second-order valence-corrected chi connectivity index (χ2v) is 6.34. The highest BCUT2D eigenvalue weighted by Crippen LogP contribution is 2.28. The lowest BCUT2D eigenvalue weighted by Crippen LogP contribution is -2.53. The second kappa shape index (κ2) is 6.26. The average molecular weight is 270 g/mol. The fourth-order valence-corrected chi connectivity index (χ4v) is 2.50. The number of nitrogens with zero attached hydrogens (tertiary/aromatic N) is 1. The Morgan fingerprint density at radius 1 is 1.42 bits per heavy atom. The fourth-order valence-electron chi connectivity index (χ4n) is 2.50. The third-order valence-corrected chi connectivity index (χ3v) is 3.95. The number of carbonyl (C=O) groups excluding carboxylic acids is 1. The second-order valence-electron chi connectivity index (χ2n) is 6.34. The summed E-state index contributed by atoms with van der Waals surface area (Å²) >= 11 is 0. The molecule has 1 rings (SSSR count). The zero-order valence-corrected chi connectivity index (χ0v) is 12.4. The Labute approximate surface area is 115 Å². The van der Waals surface area contributed by atoms with Crippen molar-refractivity contribution in [1.82, 2.24) is 10.2 Å². The number of carboxylic acids is 1. The first-order valence-electron chi connectivity index (χ1n) is 7.05. The summed E-state index contributed by atoms with van der Waals surface area (Å²) in [6, 6.07) is -1.05. The van der Waals surface area contributed by atoms with E-state index in [1.807, 2.05) is 13.8 Å². The summed E-state index contributed by atoms with van der Waals surface area (Å²) < 4.78 is 0. The number of hydrogen-bond acceptors (Lipinski definition) is 2. The van der Waals surface area contributed by atoms with Gasteiger partial charge in [-0.25, -0.2) is 9.59 Å². The SMILES string of the molecule is CCC(C)[C@H](NC(=O)N1CCCC(C)(C)C1)C(=O)O. The van der Waals surface area contributed by atoms with Crippen molar-refractivity contribution < 1.29 is 14.7 Å². The molecule has 0 aliphatic carbocycles. The van der Waals surface area contributed by atoms with Gasteiger partial charge >= 0.3 is 12.0 Å². The van der Waals surface area contributed by atoms with Gasteiger partial charge in [0, 0.05) is 13.1 Å². The highest BCUT2D eigenvalue weighted by Gasteiger charge is 2.32. The third kappa shape index (κ3) is 4.40. The molecule has 0 aromatic carbocycles. The van der Waals surface area contributed by atoms with E-state index in [1.54, 1.807) is 4.90 Å². The van der Waals surface area contributed by atoms with Crippen LogP contribution in [0.15, 0.2) is 0 Å². The van der Waals surface area contributed by atoms with E-state index in [0.29, 0.717) is 13.1 Å². The van der Waals surface area contributed by atoms with Crippen LogP contribution in [0.4, 0.5) is 4.79 Å². The molecule has 2 amide bonds. The summed E-state index contributed by atoms with van der Waals surface area (Å²) in [6.45, 7) is 9.44. The van der Waals surface area contributed by atoms with Crippen LogP contribution in [0.1, 0.15) is 47.0 Å². The number of carboxylic acid groups (broad SMARTS) is 1. The molecule has 0 aromatic rings. The number of nitrogens with one attached hydrogen (secondary N) is 1. The maximum Gasteiger partial charge on any atom is 0.326 e. The van der Waals surface area contributed by atoms with E-state index in [2.05, 4.69) is 19.2 Å². The number of urea groups is 1. The van der Waals surface area contributed by atoms with Crippen molar-refractivity contribution in [3.63, 3.8) is 0 Å². The van der Waals surface area contributed by atoms with E-state index in [-0.39, 0.29) is 17.4 Å². The molecule has 1 aliphatic rings. The van der Waals surface area contributed by atoms with Gasteiger partial charge in [-0.15, -0.1) is 0 Å². The van der Waals surface area contributed by atoms with Gasteiger partial charge in [-0.1, -0.05) is 34.1 Å². The van der Waals surface area contributed by atoms with E-state index >= 15 is 0 Å². The van der Waals surface area contributed by atoms with E-state index in [9.17, 15) is 14.7 Å². The summed E-state index contributed by atoms with van der Waals surface area (Å²) in [5.41, 5.74) is 0.116. The minimum Gasteiger partial charge on any atom is -0.480 e. The highest BCUT2D eigenvalue weighted by molar-refractivity contribution is 5.82. The lowest BCUT2D eigenvalue weighted by atomic mass is 9.84. The molecular weight excluding hydrogens is 244 g/mol. The number of piperidine rings is 1. The van der Waals surface area contributed by atoms with Crippen LogP contribution in [0, 0.1) is 11.3 Å². The number of amides is 2. The van der Waals surface area contributed by atoms with Crippen molar-refractivity contribution in [3.05, 3.63) is 0 Å². The maximum atomic E-state index is 12.2. The summed E-state index contributed by atoms with van der Waals surface area (Å²) in [6.07, 6.45) is 2.80. The zero-order valence-electron chi connectivity index (χ0n) is 12.4. The summed E-state index contributed by atoms with van der Waals surface area (Å²) in [5, 5.41) is 11.9. The molecule has 1 fully saturated rings.